The minimum atomic E-state index is -0.0584. The molecule has 0 saturated carbocycles. The maximum atomic E-state index is 12.1. The number of piperidine rings is 1. The van der Waals surface area contributed by atoms with Crippen molar-refractivity contribution in [2.75, 3.05) is 19.6 Å². The van der Waals surface area contributed by atoms with Crippen LogP contribution in [0.25, 0.3) is 0 Å². The van der Waals surface area contributed by atoms with Crippen LogP contribution in [0.1, 0.15) is 42.5 Å². The van der Waals surface area contributed by atoms with E-state index >= 15 is 0 Å². The molecule has 2 amide bonds. The fourth-order valence-electron chi connectivity index (χ4n) is 2.80. The Labute approximate surface area is 137 Å². The monoisotopic (exact) mass is 321 g/mol. The molecule has 0 radical (unpaired) electrons. The molecule has 1 aliphatic heterocycles. The van der Waals surface area contributed by atoms with Crippen LogP contribution in [0, 0.1) is 6.92 Å². The average molecular weight is 321 g/mol. The van der Waals surface area contributed by atoms with Gasteiger partial charge in [0.1, 0.15) is 0 Å². The standard InChI is InChI=1S/C17H27N3OS/c1-12(2)11-20-9-7-15(8-10-20)19-17(21)18-14(4)16-6-5-13(3)22-16/h5-6,14-15H,1,7-11H2,2-4H3,(H2,18,19,21)/t14-/m0/s1. The lowest BCUT2D eigenvalue weighted by Gasteiger charge is -2.32. The van der Waals surface area contributed by atoms with Crippen LogP contribution < -0.4 is 10.6 Å². The van der Waals surface area contributed by atoms with E-state index in [2.05, 4.69) is 48.1 Å². The van der Waals surface area contributed by atoms with Gasteiger partial charge in [-0.1, -0.05) is 12.2 Å². The molecule has 4 nitrogen and oxygen atoms in total. The molecule has 0 aliphatic carbocycles. The van der Waals surface area contributed by atoms with Gasteiger partial charge < -0.3 is 10.6 Å². The molecule has 0 aromatic carbocycles. The first kappa shape index (κ1) is 17.0. The number of thiophene rings is 1. The lowest BCUT2D eigenvalue weighted by molar-refractivity contribution is 0.200. The van der Waals surface area contributed by atoms with Gasteiger partial charge in [-0.3, -0.25) is 4.90 Å². The van der Waals surface area contributed by atoms with Crippen molar-refractivity contribution in [2.24, 2.45) is 0 Å². The molecule has 1 atom stereocenters. The number of hydrogen-bond acceptors (Lipinski definition) is 3. The molecule has 1 aromatic rings. The molecule has 1 aromatic heterocycles. The van der Waals surface area contributed by atoms with E-state index < -0.39 is 0 Å². The van der Waals surface area contributed by atoms with Crippen molar-refractivity contribution < 1.29 is 4.79 Å². The number of carbonyl (C=O) groups is 1. The SMILES string of the molecule is C=C(C)CN1CCC(NC(=O)N[C@@H](C)c2ccc(C)s2)CC1. The highest BCUT2D eigenvalue weighted by Gasteiger charge is 2.21. The largest absolute Gasteiger partial charge is 0.335 e. The Bertz CT molecular complexity index is 518. The fourth-order valence-corrected chi connectivity index (χ4v) is 3.68. The van der Waals surface area contributed by atoms with Crippen molar-refractivity contribution in [1.29, 1.82) is 0 Å². The zero-order valence-corrected chi connectivity index (χ0v) is 14.6. The number of urea groups is 1. The van der Waals surface area contributed by atoms with Gasteiger partial charge in [0.05, 0.1) is 6.04 Å². The Hall–Kier alpha value is -1.33. The summed E-state index contributed by atoms with van der Waals surface area (Å²) in [4.78, 5) is 17.0. The summed E-state index contributed by atoms with van der Waals surface area (Å²) in [5.74, 6) is 0. The number of nitrogens with zero attached hydrogens (tertiary/aromatic N) is 1. The van der Waals surface area contributed by atoms with Crippen LogP contribution >= 0.6 is 11.3 Å². The van der Waals surface area contributed by atoms with E-state index in [1.807, 2.05) is 6.92 Å². The summed E-state index contributed by atoms with van der Waals surface area (Å²) in [6, 6.07) is 4.45. The van der Waals surface area contributed by atoms with Crippen molar-refractivity contribution in [3.05, 3.63) is 34.0 Å². The molecule has 1 aliphatic rings. The third-order valence-corrected chi connectivity index (χ3v) is 5.14. The number of likely N-dealkylation sites (tertiary alicyclic amines) is 1. The first-order valence-electron chi connectivity index (χ1n) is 7.94. The second kappa shape index (κ2) is 7.79. The lowest BCUT2D eigenvalue weighted by Crippen LogP contribution is -2.48. The molecule has 122 valence electrons. The summed E-state index contributed by atoms with van der Waals surface area (Å²) in [5.41, 5.74) is 1.20. The van der Waals surface area contributed by atoms with E-state index in [0.29, 0.717) is 0 Å². The molecule has 2 N–H and O–H groups in total. The highest BCUT2D eigenvalue weighted by molar-refractivity contribution is 7.12. The summed E-state index contributed by atoms with van der Waals surface area (Å²) in [6.45, 7) is 13.1. The number of hydrogen-bond donors (Lipinski definition) is 2. The Morgan fingerprint density at radius 1 is 1.45 bits per heavy atom. The van der Waals surface area contributed by atoms with Crippen LogP contribution in [0.15, 0.2) is 24.3 Å². The predicted octanol–water partition coefficient (Wildman–Crippen LogP) is 3.46. The topological polar surface area (TPSA) is 44.4 Å². The third kappa shape index (κ3) is 5.14. The van der Waals surface area contributed by atoms with E-state index in [9.17, 15) is 4.79 Å². The van der Waals surface area contributed by atoms with Crippen molar-refractivity contribution in [2.45, 2.75) is 45.7 Å². The molecule has 0 spiro atoms. The summed E-state index contributed by atoms with van der Waals surface area (Å²) >= 11 is 1.73. The zero-order chi connectivity index (χ0) is 16.1. The van der Waals surface area contributed by atoms with Crippen LogP contribution in [0.4, 0.5) is 4.79 Å². The van der Waals surface area contributed by atoms with E-state index in [-0.39, 0.29) is 18.1 Å². The predicted molar refractivity (Wildman–Crippen MR) is 93.4 cm³/mol. The van der Waals surface area contributed by atoms with Gasteiger partial charge in [-0.05, 0) is 45.7 Å². The van der Waals surface area contributed by atoms with Crippen molar-refractivity contribution in [3.63, 3.8) is 0 Å². The lowest BCUT2D eigenvalue weighted by atomic mass is 10.0. The minimum absolute atomic E-state index is 0.0576. The normalized spacial score (nSPS) is 18.0. The highest BCUT2D eigenvalue weighted by Crippen LogP contribution is 2.22. The van der Waals surface area contributed by atoms with Crippen molar-refractivity contribution in [3.8, 4) is 0 Å². The number of amides is 2. The molecule has 2 heterocycles. The molecule has 0 bridgehead atoms. The number of aryl methyl sites for hydroxylation is 1. The highest BCUT2D eigenvalue weighted by atomic mass is 32.1. The Kier molecular flexibility index (Phi) is 6.03. The van der Waals surface area contributed by atoms with Gasteiger partial charge in [0.25, 0.3) is 0 Å². The Morgan fingerprint density at radius 2 is 2.14 bits per heavy atom. The molecular weight excluding hydrogens is 294 g/mol. The molecule has 1 saturated heterocycles. The van der Waals surface area contributed by atoms with Crippen LogP contribution in [-0.4, -0.2) is 36.6 Å². The summed E-state index contributed by atoms with van der Waals surface area (Å²) < 4.78 is 0. The molecule has 2 rings (SSSR count). The van der Waals surface area contributed by atoms with Gasteiger partial charge in [0, 0.05) is 35.4 Å². The maximum absolute atomic E-state index is 12.1. The first-order valence-corrected chi connectivity index (χ1v) is 8.76. The number of carbonyl (C=O) groups excluding carboxylic acids is 1. The molecule has 22 heavy (non-hydrogen) atoms. The minimum Gasteiger partial charge on any atom is -0.335 e. The van der Waals surface area contributed by atoms with Gasteiger partial charge in [-0.15, -0.1) is 11.3 Å². The zero-order valence-electron chi connectivity index (χ0n) is 13.8. The first-order chi connectivity index (χ1) is 10.4. The fraction of sp³-hybridized carbons (Fsp3) is 0.588. The van der Waals surface area contributed by atoms with Gasteiger partial charge in [0.15, 0.2) is 0 Å². The Balaban J connectivity index is 1.73. The van der Waals surface area contributed by atoms with Gasteiger partial charge in [-0.25, -0.2) is 4.79 Å². The van der Waals surface area contributed by atoms with E-state index in [4.69, 9.17) is 0 Å². The van der Waals surface area contributed by atoms with Gasteiger partial charge >= 0.3 is 6.03 Å². The Morgan fingerprint density at radius 3 is 2.68 bits per heavy atom. The molecular formula is C17H27N3OS. The van der Waals surface area contributed by atoms with E-state index in [0.717, 1.165) is 32.5 Å². The summed E-state index contributed by atoms with van der Waals surface area (Å²) in [5, 5.41) is 6.14. The molecule has 1 fully saturated rings. The van der Waals surface area contributed by atoms with E-state index in [1.54, 1.807) is 11.3 Å². The number of nitrogens with one attached hydrogen (secondary N) is 2. The van der Waals surface area contributed by atoms with Crippen LogP contribution in [0.5, 0.6) is 0 Å². The van der Waals surface area contributed by atoms with E-state index in [1.165, 1.54) is 15.3 Å². The summed E-state index contributed by atoms with van der Waals surface area (Å²) in [7, 11) is 0. The molecule has 5 heteroatoms. The number of rotatable bonds is 5. The van der Waals surface area contributed by atoms with Crippen molar-refractivity contribution >= 4 is 17.4 Å². The summed E-state index contributed by atoms with van der Waals surface area (Å²) in [6.07, 6.45) is 2.01. The van der Waals surface area contributed by atoms with Crippen LogP contribution in [0.2, 0.25) is 0 Å². The second-order valence-corrected chi connectivity index (χ2v) is 7.61. The van der Waals surface area contributed by atoms with Gasteiger partial charge in [-0.2, -0.15) is 0 Å². The molecule has 0 unspecified atom stereocenters. The maximum Gasteiger partial charge on any atom is 0.315 e. The van der Waals surface area contributed by atoms with Gasteiger partial charge in [0.2, 0.25) is 0 Å². The quantitative estimate of drug-likeness (QED) is 0.816. The van der Waals surface area contributed by atoms with Crippen LogP contribution in [0.3, 0.4) is 0 Å². The second-order valence-electron chi connectivity index (χ2n) is 6.30. The average Bonchev–Trinajstić information content (AvgIpc) is 2.87. The van der Waals surface area contributed by atoms with Crippen molar-refractivity contribution in [1.82, 2.24) is 15.5 Å². The third-order valence-electron chi connectivity index (χ3n) is 3.95. The smallest absolute Gasteiger partial charge is 0.315 e. The van der Waals surface area contributed by atoms with Crippen LogP contribution in [-0.2, 0) is 0 Å².